The molecule has 0 saturated heterocycles. The van der Waals surface area contributed by atoms with E-state index in [9.17, 15) is 0 Å². The second kappa shape index (κ2) is 2.64. The van der Waals surface area contributed by atoms with Crippen molar-refractivity contribution in [3.05, 3.63) is 0 Å². The summed E-state index contributed by atoms with van der Waals surface area (Å²) in [6.07, 6.45) is 0. The van der Waals surface area contributed by atoms with Crippen molar-refractivity contribution in [3.63, 3.8) is 0 Å². The minimum atomic E-state index is 0.237. The molecule has 1 heterocycles. The highest BCUT2D eigenvalue weighted by Gasteiger charge is 1.99. The van der Waals surface area contributed by atoms with Crippen molar-refractivity contribution >= 4 is 5.95 Å². The molecule has 5 nitrogen and oxygen atoms in total. The van der Waals surface area contributed by atoms with Gasteiger partial charge in [-0.25, -0.2) is 0 Å². The third kappa shape index (κ3) is 1.68. The highest BCUT2D eigenvalue weighted by Crippen LogP contribution is 1.94. The first-order valence-corrected chi connectivity index (χ1v) is 3.22. The minimum Gasteiger partial charge on any atom is -0.365 e. The Morgan fingerprint density at radius 3 is 2.70 bits per heavy atom. The number of aromatic nitrogens is 4. The van der Waals surface area contributed by atoms with E-state index in [0.717, 1.165) is 6.54 Å². The van der Waals surface area contributed by atoms with E-state index in [1.807, 2.05) is 0 Å². The number of nitrogens with two attached hydrogens (primary N) is 1. The van der Waals surface area contributed by atoms with Crippen LogP contribution in [0.3, 0.4) is 0 Å². The van der Waals surface area contributed by atoms with E-state index < -0.39 is 0 Å². The molecule has 2 N–H and O–H groups in total. The van der Waals surface area contributed by atoms with Gasteiger partial charge in [-0.05, 0) is 11.1 Å². The number of hydrogen-bond donors (Lipinski definition) is 1. The Labute approximate surface area is 59.2 Å². The van der Waals surface area contributed by atoms with Crippen LogP contribution in [0.1, 0.15) is 13.8 Å². The Kier molecular flexibility index (Phi) is 1.84. The summed E-state index contributed by atoms with van der Waals surface area (Å²) >= 11 is 0. The zero-order chi connectivity index (χ0) is 7.56. The van der Waals surface area contributed by atoms with Crippen molar-refractivity contribution in [2.45, 2.75) is 20.4 Å². The summed E-state index contributed by atoms with van der Waals surface area (Å²) in [6, 6.07) is 0. The number of hydrogen-bond acceptors (Lipinski definition) is 4. The van der Waals surface area contributed by atoms with Gasteiger partial charge in [-0.2, -0.15) is 4.80 Å². The molecule has 0 fully saturated rings. The van der Waals surface area contributed by atoms with Gasteiger partial charge in [0.05, 0.1) is 6.54 Å². The molecule has 1 aromatic rings. The molecule has 0 saturated carbocycles. The van der Waals surface area contributed by atoms with Gasteiger partial charge in [0.15, 0.2) is 0 Å². The monoisotopic (exact) mass is 141 g/mol. The average Bonchev–Trinajstić information content (AvgIpc) is 2.13. The van der Waals surface area contributed by atoms with E-state index in [-0.39, 0.29) is 5.95 Å². The number of tetrazole rings is 1. The number of anilines is 1. The summed E-state index contributed by atoms with van der Waals surface area (Å²) in [5, 5.41) is 11.1. The molecule has 0 atom stereocenters. The van der Waals surface area contributed by atoms with Crippen molar-refractivity contribution in [3.8, 4) is 0 Å². The van der Waals surface area contributed by atoms with Gasteiger partial charge in [-0.1, -0.05) is 18.9 Å². The van der Waals surface area contributed by atoms with E-state index in [4.69, 9.17) is 5.73 Å². The molecular formula is C5H11N5. The van der Waals surface area contributed by atoms with Crippen LogP contribution in [0.25, 0.3) is 0 Å². The van der Waals surface area contributed by atoms with Crippen molar-refractivity contribution in [2.75, 3.05) is 5.73 Å². The Morgan fingerprint density at radius 2 is 2.30 bits per heavy atom. The van der Waals surface area contributed by atoms with E-state index in [1.54, 1.807) is 0 Å². The topological polar surface area (TPSA) is 69.6 Å². The van der Waals surface area contributed by atoms with Crippen LogP contribution in [-0.2, 0) is 6.54 Å². The van der Waals surface area contributed by atoms with Crippen molar-refractivity contribution in [1.82, 2.24) is 20.2 Å². The van der Waals surface area contributed by atoms with Crippen LogP contribution in [0.2, 0.25) is 0 Å². The third-order valence-corrected chi connectivity index (χ3v) is 0.997. The predicted octanol–water partition coefficient (Wildman–Crippen LogP) is -0.0887. The van der Waals surface area contributed by atoms with E-state index >= 15 is 0 Å². The SMILES string of the molecule is CC(C)Cn1nnc(N)n1. The number of nitrogens with zero attached hydrogens (tertiary/aromatic N) is 4. The zero-order valence-electron chi connectivity index (χ0n) is 6.15. The van der Waals surface area contributed by atoms with Crippen LogP contribution in [0.15, 0.2) is 0 Å². The molecular weight excluding hydrogens is 130 g/mol. The standard InChI is InChI=1S/C5H11N5/c1-4(2)3-10-8-5(6)7-9-10/h4H,3H2,1-2H3,(H2,6,8). The lowest BCUT2D eigenvalue weighted by atomic mass is 10.2. The van der Waals surface area contributed by atoms with Crippen LogP contribution >= 0.6 is 0 Å². The second-order valence-electron chi connectivity index (χ2n) is 2.60. The van der Waals surface area contributed by atoms with E-state index in [1.165, 1.54) is 4.80 Å². The summed E-state index contributed by atoms with van der Waals surface area (Å²) in [7, 11) is 0. The molecule has 5 heteroatoms. The summed E-state index contributed by atoms with van der Waals surface area (Å²) in [4.78, 5) is 1.50. The van der Waals surface area contributed by atoms with E-state index in [2.05, 4.69) is 29.3 Å². The summed E-state index contributed by atoms with van der Waals surface area (Å²) < 4.78 is 0. The maximum atomic E-state index is 5.25. The molecule has 0 unspecified atom stereocenters. The molecule has 56 valence electrons. The fourth-order valence-electron chi connectivity index (χ4n) is 0.660. The van der Waals surface area contributed by atoms with Gasteiger partial charge in [-0.3, -0.25) is 0 Å². The normalized spacial score (nSPS) is 10.7. The summed E-state index contributed by atoms with van der Waals surface area (Å²) in [5.74, 6) is 0.759. The Morgan fingerprint density at radius 1 is 1.60 bits per heavy atom. The minimum absolute atomic E-state index is 0.237. The Balaban J connectivity index is 2.58. The predicted molar refractivity (Wildman–Crippen MR) is 37.1 cm³/mol. The molecule has 10 heavy (non-hydrogen) atoms. The number of nitrogen functional groups attached to an aromatic ring is 1. The lowest BCUT2D eigenvalue weighted by Crippen LogP contribution is -2.07. The van der Waals surface area contributed by atoms with Gasteiger partial charge in [0.25, 0.3) is 5.95 Å². The molecule has 0 aliphatic heterocycles. The quantitative estimate of drug-likeness (QED) is 0.625. The van der Waals surface area contributed by atoms with Gasteiger partial charge in [0.2, 0.25) is 0 Å². The third-order valence-electron chi connectivity index (χ3n) is 0.997. The lowest BCUT2D eigenvalue weighted by Gasteiger charge is -1.99. The molecule has 0 spiro atoms. The maximum absolute atomic E-state index is 5.25. The van der Waals surface area contributed by atoms with Crippen LogP contribution in [0.5, 0.6) is 0 Å². The van der Waals surface area contributed by atoms with Crippen molar-refractivity contribution < 1.29 is 0 Å². The zero-order valence-corrected chi connectivity index (χ0v) is 6.15. The molecule has 0 aromatic carbocycles. The van der Waals surface area contributed by atoms with Gasteiger partial charge >= 0.3 is 0 Å². The van der Waals surface area contributed by atoms with Crippen LogP contribution < -0.4 is 5.73 Å². The Bertz CT molecular complexity index is 204. The van der Waals surface area contributed by atoms with Crippen molar-refractivity contribution in [2.24, 2.45) is 5.92 Å². The van der Waals surface area contributed by atoms with Gasteiger partial charge < -0.3 is 5.73 Å². The molecule has 0 aliphatic rings. The fraction of sp³-hybridized carbons (Fsp3) is 0.800. The second-order valence-corrected chi connectivity index (χ2v) is 2.60. The largest absolute Gasteiger partial charge is 0.365 e. The molecule has 0 bridgehead atoms. The maximum Gasteiger partial charge on any atom is 0.260 e. The molecule has 1 aromatic heterocycles. The first-order chi connectivity index (χ1) is 4.68. The van der Waals surface area contributed by atoms with Crippen LogP contribution in [0, 0.1) is 5.92 Å². The fourth-order valence-corrected chi connectivity index (χ4v) is 0.660. The van der Waals surface area contributed by atoms with E-state index in [0.29, 0.717) is 5.92 Å². The van der Waals surface area contributed by atoms with Gasteiger partial charge in [0.1, 0.15) is 0 Å². The molecule has 0 radical (unpaired) electrons. The average molecular weight is 141 g/mol. The number of rotatable bonds is 2. The summed E-state index contributed by atoms with van der Waals surface area (Å²) in [6.45, 7) is 4.93. The Hall–Kier alpha value is -1.13. The lowest BCUT2D eigenvalue weighted by molar-refractivity contribution is 0.430. The van der Waals surface area contributed by atoms with Gasteiger partial charge in [-0.15, -0.1) is 5.10 Å². The highest BCUT2D eigenvalue weighted by atomic mass is 15.6. The van der Waals surface area contributed by atoms with Crippen molar-refractivity contribution in [1.29, 1.82) is 0 Å². The first kappa shape index (κ1) is 6.98. The van der Waals surface area contributed by atoms with Crippen LogP contribution in [-0.4, -0.2) is 20.2 Å². The molecule has 0 amide bonds. The summed E-state index contributed by atoms with van der Waals surface area (Å²) in [5.41, 5.74) is 5.25. The smallest absolute Gasteiger partial charge is 0.260 e. The van der Waals surface area contributed by atoms with Gasteiger partial charge in [0, 0.05) is 0 Å². The molecule has 0 aliphatic carbocycles. The highest BCUT2D eigenvalue weighted by molar-refractivity contribution is 5.06. The molecule has 1 rings (SSSR count). The van der Waals surface area contributed by atoms with Crippen LogP contribution in [0.4, 0.5) is 5.95 Å². The first-order valence-electron chi connectivity index (χ1n) is 3.22.